The maximum Gasteiger partial charge on any atom is 0.326 e. The van der Waals surface area contributed by atoms with E-state index < -0.39 is 36.4 Å². The summed E-state index contributed by atoms with van der Waals surface area (Å²) in [4.78, 5) is 34.1. The summed E-state index contributed by atoms with van der Waals surface area (Å²) in [5.74, 6) is -3.10. The maximum absolute atomic E-state index is 11.9. The van der Waals surface area contributed by atoms with Crippen LogP contribution in [-0.2, 0) is 14.4 Å². The molecule has 104 valence electrons. The number of carbonyl (C=O) groups excluding carboxylic acids is 2. The fourth-order valence-electron chi connectivity index (χ4n) is 1.17. The van der Waals surface area contributed by atoms with Gasteiger partial charge in [0.05, 0.1) is 6.54 Å². The zero-order chi connectivity index (χ0) is 15.2. The zero-order valence-electron chi connectivity index (χ0n) is 11.3. The van der Waals surface area contributed by atoms with Crippen molar-refractivity contribution in [3.8, 4) is 0 Å². The molecule has 0 saturated carbocycles. The minimum absolute atomic E-state index is 0.106. The van der Waals surface area contributed by atoms with E-state index in [2.05, 4.69) is 17.9 Å². The fourth-order valence-corrected chi connectivity index (χ4v) is 1.42. The smallest absolute Gasteiger partial charge is 0.326 e. The number of nitrogens with one attached hydrogen (secondary N) is 2. The van der Waals surface area contributed by atoms with Gasteiger partial charge in [0.2, 0.25) is 11.8 Å². The van der Waals surface area contributed by atoms with Gasteiger partial charge in [-0.05, 0) is 5.92 Å². The summed E-state index contributed by atoms with van der Waals surface area (Å²) in [5.41, 5.74) is 5.10. The van der Waals surface area contributed by atoms with Gasteiger partial charge < -0.3 is 21.5 Å². The third kappa shape index (κ3) is 5.37. The summed E-state index contributed by atoms with van der Waals surface area (Å²) in [7, 11) is 0. The van der Waals surface area contributed by atoms with Crippen molar-refractivity contribution in [3.63, 3.8) is 0 Å². The van der Waals surface area contributed by atoms with Crippen LogP contribution in [0.15, 0.2) is 0 Å². The predicted molar refractivity (Wildman–Crippen MR) is 69.2 cm³/mol. The van der Waals surface area contributed by atoms with Gasteiger partial charge in [0, 0.05) is 5.75 Å². The summed E-state index contributed by atoms with van der Waals surface area (Å²) < 4.78 is 7.47. The molecule has 0 heterocycles. The summed E-state index contributed by atoms with van der Waals surface area (Å²) in [6.07, 6.45) is 0. The van der Waals surface area contributed by atoms with Crippen molar-refractivity contribution in [2.45, 2.75) is 25.9 Å². The van der Waals surface area contributed by atoms with Gasteiger partial charge in [0.15, 0.2) is 1.41 Å². The molecule has 0 aliphatic heterocycles. The van der Waals surface area contributed by atoms with E-state index in [1.807, 2.05) is 0 Å². The summed E-state index contributed by atoms with van der Waals surface area (Å²) in [5, 5.41) is 11.7. The van der Waals surface area contributed by atoms with Crippen LogP contribution in [0.2, 0.25) is 1.41 Å². The molecule has 0 radical (unpaired) electrons. The Kier molecular flexibility index (Phi) is 6.51. The third-order valence-corrected chi connectivity index (χ3v) is 2.53. The van der Waals surface area contributed by atoms with Crippen LogP contribution in [0.25, 0.3) is 0 Å². The summed E-state index contributed by atoms with van der Waals surface area (Å²) in [6, 6.07) is -2.27. The van der Waals surface area contributed by atoms with Gasteiger partial charge in [0.1, 0.15) is 12.1 Å². The molecule has 0 bridgehead atoms. The van der Waals surface area contributed by atoms with Crippen LogP contribution in [-0.4, -0.2) is 47.3 Å². The highest BCUT2D eigenvalue weighted by molar-refractivity contribution is 7.80. The van der Waals surface area contributed by atoms with Crippen LogP contribution >= 0.6 is 12.6 Å². The van der Waals surface area contributed by atoms with Crippen LogP contribution < -0.4 is 16.4 Å². The SMILES string of the molecule is [2H]N(C(=O)CN)[C@@H](CS)C(=O)N[C@H](C(=O)O)C(C)C. The van der Waals surface area contributed by atoms with Crippen molar-refractivity contribution in [2.75, 3.05) is 12.3 Å². The van der Waals surface area contributed by atoms with E-state index >= 15 is 0 Å². The van der Waals surface area contributed by atoms with E-state index in [1.165, 1.54) is 0 Å². The molecular weight excluding hydrogens is 258 g/mol. The van der Waals surface area contributed by atoms with Crippen LogP contribution in [0, 0.1) is 5.92 Å². The van der Waals surface area contributed by atoms with Gasteiger partial charge in [-0.2, -0.15) is 12.6 Å². The Labute approximate surface area is 112 Å². The average molecular weight is 278 g/mol. The first-order valence-corrected chi connectivity index (χ1v) is 6.04. The first-order chi connectivity index (χ1) is 8.76. The molecule has 0 rings (SSSR count). The van der Waals surface area contributed by atoms with E-state index in [-0.39, 0.29) is 11.7 Å². The minimum atomic E-state index is -1.18. The Morgan fingerprint density at radius 1 is 1.44 bits per heavy atom. The van der Waals surface area contributed by atoms with Crippen LogP contribution in [0.4, 0.5) is 0 Å². The molecular formula is C10H19N3O4S. The Hall–Kier alpha value is -1.28. The van der Waals surface area contributed by atoms with Crippen molar-refractivity contribution >= 4 is 30.4 Å². The fraction of sp³-hybridized carbons (Fsp3) is 0.700. The molecule has 0 spiro atoms. The van der Waals surface area contributed by atoms with E-state index in [0.29, 0.717) is 5.31 Å². The quantitative estimate of drug-likeness (QED) is 0.366. The molecule has 18 heavy (non-hydrogen) atoms. The lowest BCUT2D eigenvalue weighted by Gasteiger charge is -2.22. The normalized spacial score (nSPS) is 14.6. The third-order valence-electron chi connectivity index (χ3n) is 2.18. The number of hydrogen-bond acceptors (Lipinski definition) is 5. The second-order valence-electron chi connectivity index (χ2n) is 3.99. The Morgan fingerprint density at radius 2 is 2.00 bits per heavy atom. The molecule has 5 N–H and O–H groups in total. The summed E-state index contributed by atoms with van der Waals surface area (Å²) >= 11 is 3.89. The highest BCUT2D eigenvalue weighted by atomic mass is 32.1. The number of nitrogens with two attached hydrogens (primary N) is 1. The Bertz CT molecular complexity index is 354. The van der Waals surface area contributed by atoms with Crippen molar-refractivity contribution in [2.24, 2.45) is 11.7 Å². The van der Waals surface area contributed by atoms with Gasteiger partial charge >= 0.3 is 5.97 Å². The lowest BCUT2D eigenvalue weighted by Crippen LogP contribution is -2.54. The lowest BCUT2D eigenvalue weighted by atomic mass is 10.0. The van der Waals surface area contributed by atoms with Crippen molar-refractivity contribution in [1.29, 1.82) is 0 Å². The number of carboxylic acids is 1. The van der Waals surface area contributed by atoms with Gasteiger partial charge in [-0.1, -0.05) is 13.8 Å². The van der Waals surface area contributed by atoms with Crippen LogP contribution in [0.5, 0.6) is 0 Å². The van der Waals surface area contributed by atoms with Gasteiger partial charge in [-0.3, -0.25) is 9.59 Å². The topological polar surface area (TPSA) is 122 Å². The predicted octanol–water partition coefficient (Wildman–Crippen LogP) is -1.41. The Morgan fingerprint density at radius 3 is 2.33 bits per heavy atom. The first-order valence-electron chi connectivity index (χ1n) is 5.86. The van der Waals surface area contributed by atoms with Crippen molar-refractivity contribution in [1.82, 2.24) is 10.6 Å². The molecule has 0 saturated heterocycles. The van der Waals surface area contributed by atoms with E-state index in [9.17, 15) is 14.4 Å². The summed E-state index contributed by atoms with van der Waals surface area (Å²) in [6.45, 7) is 2.87. The molecule has 7 nitrogen and oxygen atoms in total. The van der Waals surface area contributed by atoms with Crippen LogP contribution in [0.3, 0.4) is 0 Å². The van der Waals surface area contributed by atoms with Gasteiger partial charge in [0.25, 0.3) is 0 Å². The molecule has 0 unspecified atom stereocenters. The number of rotatable bonds is 7. The number of amides is 2. The largest absolute Gasteiger partial charge is 0.480 e. The molecule has 0 aromatic rings. The van der Waals surface area contributed by atoms with Crippen molar-refractivity contribution < 1.29 is 20.9 Å². The lowest BCUT2D eigenvalue weighted by molar-refractivity contribution is -0.143. The maximum atomic E-state index is 11.9. The molecule has 0 aliphatic rings. The Balaban J connectivity index is 4.85. The number of carboxylic acid groups (broad SMARTS) is 1. The molecule has 2 amide bonds. The molecule has 0 aromatic carbocycles. The molecule has 8 heteroatoms. The second-order valence-corrected chi connectivity index (χ2v) is 4.36. The molecule has 0 aromatic heterocycles. The highest BCUT2D eigenvalue weighted by Crippen LogP contribution is 2.02. The van der Waals surface area contributed by atoms with E-state index in [1.54, 1.807) is 13.8 Å². The number of carbonyl (C=O) groups is 3. The van der Waals surface area contributed by atoms with E-state index in [4.69, 9.17) is 12.3 Å². The number of thiol groups is 1. The highest BCUT2D eigenvalue weighted by Gasteiger charge is 2.27. The molecule has 0 fully saturated rings. The monoisotopic (exact) mass is 278 g/mol. The average Bonchev–Trinajstić information content (AvgIpc) is 2.34. The van der Waals surface area contributed by atoms with Gasteiger partial charge in [-0.15, -0.1) is 0 Å². The van der Waals surface area contributed by atoms with Crippen molar-refractivity contribution in [3.05, 3.63) is 0 Å². The number of aliphatic carboxylic acids is 1. The standard InChI is InChI=1S/C10H19N3O4S/c1-5(2)8(10(16)17)13-9(15)6(4-18)12-7(14)3-11/h5-6,8,18H,3-4,11H2,1-2H3,(H,12,14)(H,13,15)(H,16,17)/t6-,8-/m0/s1/i/hD. The molecule has 0 aliphatic carbocycles. The first kappa shape index (κ1) is 14.8. The molecule has 2 atom stereocenters. The number of hydrogen-bond donors (Lipinski definition) is 5. The zero-order valence-corrected chi connectivity index (χ0v) is 11.2. The van der Waals surface area contributed by atoms with Crippen LogP contribution in [0.1, 0.15) is 13.8 Å². The van der Waals surface area contributed by atoms with Gasteiger partial charge in [-0.25, -0.2) is 4.79 Å². The second kappa shape index (κ2) is 7.93. The van der Waals surface area contributed by atoms with E-state index in [0.717, 1.165) is 0 Å². The minimum Gasteiger partial charge on any atom is -0.480 e.